The quantitative estimate of drug-likeness (QED) is 0.170. The molecule has 3 heteroatoms. The van der Waals surface area contributed by atoms with E-state index < -0.39 is 5.54 Å². The zero-order valence-corrected chi connectivity index (χ0v) is 30.5. The normalized spacial score (nSPS) is 13.8. The molecule has 1 aliphatic carbocycles. The number of rotatable bonds is 3. The summed E-state index contributed by atoms with van der Waals surface area (Å²) in [6.45, 7) is 4.67. The molecule has 2 aliphatic rings. The number of nitrogens with zero attached hydrogens (tertiary/aromatic N) is 2. The summed E-state index contributed by atoms with van der Waals surface area (Å²) in [6, 6.07) is 73.8. The fourth-order valence-corrected chi connectivity index (χ4v) is 9.11. The molecule has 256 valence electrons. The highest BCUT2D eigenvalue weighted by Crippen LogP contribution is 2.51. The summed E-state index contributed by atoms with van der Waals surface area (Å²) in [5, 5.41) is 0. The maximum absolute atomic E-state index is 2.60. The Balaban J connectivity index is 1.27. The number of hydrogen-bond donors (Lipinski definition) is 0. The van der Waals surface area contributed by atoms with Gasteiger partial charge in [-0.2, -0.15) is 0 Å². The van der Waals surface area contributed by atoms with E-state index in [1.807, 2.05) is 0 Å². The Hall–Kier alpha value is -6.58. The largest absolute Gasteiger partial charge is 0.377 e. The van der Waals surface area contributed by atoms with Crippen molar-refractivity contribution in [3.8, 4) is 44.5 Å². The van der Waals surface area contributed by atoms with Gasteiger partial charge in [0.15, 0.2) is 0 Å². The first-order chi connectivity index (χ1) is 26.6. The van der Waals surface area contributed by atoms with Gasteiger partial charge in [0.05, 0.1) is 5.54 Å². The molecule has 0 saturated heterocycles. The average Bonchev–Trinajstić information content (AvgIpc) is 3.23. The lowest BCUT2D eigenvalue weighted by Gasteiger charge is -2.48. The van der Waals surface area contributed by atoms with Gasteiger partial charge < -0.3 is 9.71 Å². The average molecular weight is 691 g/mol. The van der Waals surface area contributed by atoms with Gasteiger partial charge in [0, 0.05) is 22.7 Å². The van der Waals surface area contributed by atoms with Crippen LogP contribution in [0.2, 0.25) is 0 Å². The molecule has 1 heterocycles. The molecule has 0 N–H and O–H groups in total. The summed E-state index contributed by atoms with van der Waals surface area (Å²) in [7, 11) is 0. The smallest absolute Gasteiger partial charge is 0.330 e. The second kappa shape index (κ2) is 12.8. The SMILES string of the molecule is CC1(C)c2ccccc2N(c2ccccc2)B(c2ccccc2)c2ccccc2N1c1ccc2c(c1)-c1ccccc1-c1ccccc1-c1ccccc1-2. The van der Waals surface area contributed by atoms with Crippen LogP contribution in [0.3, 0.4) is 0 Å². The van der Waals surface area contributed by atoms with Gasteiger partial charge in [0.1, 0.15) is 0 Å². The lowest BCUT2D eigenvalue weighted by Crippen LogP contribution is -2.59. The Morgan fingerprint density at radius 2 is 0.815 bits per heavy atom. The molecule has 8 aromatic rings. The molecule has 0 saturated carbocycles. The van der Waals surface area contributed by atoms with Gasteiger partial charge in [-0.25, -0.2) is 0 Å². The van der Waals surface area contributed by atoms with Crippen molar-refractivity contribution in [1.82, 2.24) is 0 Å². The van der Waals surface area contributed by atoms with Crippen LogP contribution >= 0.6 is 0 Å². The monoisotopic (exact) mass is 690 g/mol. The minimum atomic E-state index is -0.457. The zero-order valence-electron chi connectivity index (χ0n) is 30.5. The second-order valence-corrected chi connectivity index (χ2v) is 14.9. The molecule has 54 heavy (non-hydrogen) atoms. The maximum Gasteiger partial charge on any atom is 0.330 e. The molecule has 1 aliphatic heterocycles. The maximum atomic E-state index is 2.60. The van der Waals surface area contributed by atoms with Crippen molar-refractivity contribution in [3.63, 3.8) is 0 Å². The molecule has 0 fully saturated rings. The molecular formula is C51H39BN2. The molecule has 0 bridgehead atoms. The zero-order chi connectivity index (χ0) is 36.2. The van der Waals surface area contributed by atoms with E-state index >= 15 is 0 Å². The summed E-state index contributed by atoms with van der Waals surface area (Å²) in [5.41, 5.74) is 18.0. The third-order valence-corrected chi connectivity index (χ3v) is 11.5. The predicted octanol–water partition coefficient (Wildman–Crippen LogP) is 12.0. The van der Waals surface area contributed by atoms with E-state index in [-0.39, 0.29) is 6.85 Å². The van der Waals surface area contributed by atoms with Gasteiger partial charge in [0.25, 0.3) is 0 Å². The van der Waals surface area contributed by atoms with Crippen molar-refractivity contribution in [3.05, 3.63) is 206 Å². The lowest BCUT2D eigenvalue weighted by molar-refractivity contribution is 0.537. The van der Waals surface area contributed by atoms with E-state index in [1.54, 1.807) is 0 Å². The fourth-order valence-electron chi connectivity index (χ4n) is 9.11. The van der Waals surface area contributed by atoms with Crippen LogP contribution in [-0.2, 0) is 5.54 Å². The van der Waals surface area contributed by atoms with Crippen molar-refractivity contribution < 1.29 is 0 Å². The molecule has 2 nitrogen and oxygen atoms in total. The van der Waals surface area contributed by atoms with Gasteiger partial charge in [0.2, 0.25) is 0 Å². The van der Waals surface area contributed by atoms with Crippen LogP contribution in [0.25, 0.3) is 44.5 Å². The number of anilines is 4. The van der Waals surface area contributed by atoms with Crippen LogP contribution in [0.5, 0.6) is 0 Å². The number of para-hydroxylation sites is 3. The van der Waals surface area contributed by atoms with E-state index in [0.717, 1.165) is 11.4 Å². The minimum Gasteiger partial charge on any atom is -0.377 e. The molecule has 0 atom stereocenters. The van der Waals surface area contributed by atoms with Crippen molar-refractivity contribution in [1.29, 1.82) is 0 Å². The Bertz CT molecular complexity index is 2660. The number of benzene rings is 8. The van der Waals surface area contributed by atoms with E-state index in [4.69, 9.17) is 0 Å². The summed E-state index contributed by atoms with van der Waals surface area (Å²) in [5.74, 6) is 0. The topological polar surface area (TPSA) is 6.48 Å². The lowest BCUT2D eigenvalue weighted by atomic mass is 9.47. The Labute approximate surface area is 318 Å². The van der Waals surface area contributed by atoms with Crippen LogP contribution in [0, 0.1) is 0 Å². The van der Waals surface area contributed by atoms with Crippen LogP contribution < -0.4 is 20.6 Å². The molecule has 0 unspecified atom stereocenters. The van der Waals surface area contributed by atoms with Crippen LogP contribution in [0.15, 0.2) is 200 Å². The summed E-state index contributed by atoms with van der Waals surface area (Å²) >= 11 is 0. The Morgan fingerprint density at radius 3 is 1.41 bits per heavy atom. The standard InChI is InChI=1S/C51H39BN2/c1-51(2)47-29-15-17-31-49(47)54(37-21-7-4-8-22-37)52(36-19-5-3-6-20-36)48-30-16-18-32-50(48)53(51)38-33-34-45-43-27-12-11-25-41(43)39-23-9-10-24-40(39)42-26-13-14-28-44(42)46(45)35-38/h3-35H,1-2H3. The molecular weight excluding hydrogens is 651 g/mol. The first-order valence-corrected chi connectivity index (χ1v) is 18.9. The molecule has 8 aromatic carbocycles. The summed E-state index contributed by atoms with van der Waals surface area (Å²) in [4.78, 5) is 5.15. The van der Waals surface area contributed by atoms with E-state index in [0.29, 0.717) is 0 Å². The Morgan fingerprint density at radius 1 is 0.370 bits per heavy atom. The highest BCUT2D eigenvalue weighted by molar-refractivity contribution is 6.90. The van der Waals surface area contributed by atoms with Crippen molar-refractivity contribution in [2.45, 2.75) is 19.4 Å². The van der Waals surface area contributed by atoms with Gasteiger partial charge in [-0.15, -0.1) is 0 Å². The predicted molar refractivity (Wildman–Crippen MR) is 230 cm³/mol. The van der Waals surface area contributed by atoms with Gasteiger partial charge >= 0.3 is 6.85 Å². The molecule has 0 radical (unpaired) electrons. The number of hydrogen-bond acceptors (Lipinski definition) is 2. The summed E-state index contributed by atoms with van der Waals surface area (Å²) in [6.07, 6.45) is 0. The highest BCUT2D eigenvalue weighted by Gasteiger charge is 2.42. The molecule has 0 aromatic heterocycles. The van der Waals surface area contributed by atoms with Crippen LogP contribution in [0.1, 0.15) is 19.4 Å². The number of fused-ring (bicyclic) bond motifs is 10. The van der Waals surface area contributed by atoms with Crippen molar-refractivity contribution in [2.24, 2.45) is 0 Å². The first kappa shape index (κ1) is 32.1. The van der Waals surface area contributed by atoms with E-state index in [2.05, 4.69) is 224 Å². The molecule has 0 spiro atoms. The minimum absolute atomic E-state index is 0.0852. The van der Waals surface area contributed by atoms with E-state index in [1.165, 1.54) is 72.4 Å². The van der Waals surface area contributed by atoms with Gasteiger partial charge in [-0.05, 0) is 106 Å². The van der Waals surface area contributed by atoms with Crippen LogP contribution in [-0.4, -0.2) is 6.85 Å². The highest BCUT2D eigenvalue weighted by atomic mass is 15.2. The third-order valence-electron chi connectivity index (χ3n) is 11.5. The molecule has 0 amide bonds. The van der Waals surface area contributed by atoms with Crippen molar-refractivity contribution >= 4 is 40.5 Å². The molecule has 10 rings (SSSR count). The van der Waals surface area contributed by atoms with Gasteiger partial charge in [-0.1, -0.05) is 169 Å². The van der Waals surface area contributed by atoms with Crippen molar-refractivity contribution in [2.75, 3.05) is 9.71 Å². The fraction of sp³-hybridized carbons (Fsp3) is 0.0588. The first-order valence-electron chi connectivity index (χ1n) is 18.9. The second-order valence-electron chi connectivity index (χ2n) is 14.9. The van der Waals surface area contributed by atoms with Crippen LogP contribution in [0.4, 0.5) is 22.7 Å². The third kappa shape index (κ3) is 5.04. The Kier molecular flexibility index (Phi) is 7.62. The van der Waals surface area contributed by atoms with E-state index in [9.17, 15) is 0 Å². The summed E-state index contributed by atoms with van der Waals surface area (Å²) < 4.78 is 0. The van der Waals surface area contributed by atoms with Gasteiger partial charge in [-0.3, -0.25) is 0 Å².